The van der Waals surface area contributed by atoms with Gasteiger partial charge in [-0.05, 0) is 17.0 Å². The van der Waals surface area contributed by atoms with E-state index in [0.717, 1.165) is 38.5 Å². The fourth-order valence-electron chi connectivity index (χ4n) is 3.15. The molecule has 1 N–H and O–H groups in total. The van der Waals surface area contributed by atoms with Crippen molar-refractivity contribution < 1.29 is 4.79 Å². The first kappa shape index (κ1) is 17.6. The molecule has 3 heterocycles. The van der Waals surface area contributed by atoms with Gasteiger partial charge in [-0.25, -0.2) is 9.97 Å². The van der Waals surface area contributed by atoms with Crippen LogP contribution in [0.1, 0.15) is 15.9 Å². The van der Waals surface area contributed by atoms with Crippen molar-refractivity contribution in [3.8, 4) is 0 Å². The first-order chi connectivity index (χ1) is 13.3. The molecule has 1 amide bonds. The SMILES string of the molecule is O=C(Nc1cc(N2CCN(Cc3ccccc3)CC2)ncn1)c1ccsc1. The Bertz CT molecular complexity index is 876. The molecule has 3 aromatic rings. The van der Waals surface area contributed by atoms with Gasteiger partial charge in [-0.15, -0.1) is 0 Å². The quantitative estimate of drug-likeness (QED) is 0.738. The van der Waals surface area contributed by atoms with Gasteiger partial charge < -0.3 is 10.2 Å². The molecule has 0 spiro atoms. The summed E-state index contributed by atoms with van der Waals surface area (Å²) < 4.78 is 0. The molecule has 0 bridgehead atoms. The van der Waals surface area contributed by atoms with E-state index in [2.05, 4.69) is 49.4 Å². The van der Waals surface area contributed by atoms with Crippen LogP contribution in [0.25, 0.3) is 0 Å². The molecule has 0 aliphatic carbocycles. The average Bonchev–Trinajstić information content (AvgIpc) is 3.25. The van der Waals surface area contributed by atoms with Crippen molar-refractivity contribution in [3.63, 3.8) is 0 Å². The third-order valence-corrected chi connectivity index (χ3v) is 5.31. The number of thiophene rings is 1. The number of benzene rings is 1. The topological polar surface area (TPSA) is 61.4 Å². The highest BCUT2D eigenvalue weighted by molar-refractivity contribution is 7.08. The predicted molar refractivity (Wildman–Crippen MR) is 108 cm³/mol. The maximum atomic E-state index is 12.2. The van der Waals surface area contributed by atoms with E-state index in [1.165, 1.54) is 23.2 Å². The van der Waals surface area contributed by atoms with Crippen LogP contribution in [0.2, 0.25) is 0 Å². The number of hydrogen-bond acceptors (Lipinski definition) is 6. The minimum absolute atomic E-state index is 0.145. The Morgan fingerprint density at radius 2 is 1.89 bits per heavy atom. The molecule has 0 saturated carbocycles. The summed E-state index contributed by atoms with van der Waals surface area (Å²) in [4.78, 5) is 25.5. The van der Waals surface area contributed by atoms with Crippen molar-refractivity contribution in [3.05, 3.63) is 70.7 Å². The predicted octanol–water partition coefficient (Wildman–Crippen LogP) is 3.11. The summed E-state index contributed by atoms with van der Waals surface area (Å²) in [5.41, 5.74) is 1.99. The molecular weight excluding hydrogens is 358 g/mol. The first-order valence-corrected chi connectivity index (χ1v) is 9.89. The molecule has 7 heteroatoms. The zero-order valence-electron chi connectivity index (χ0n) is 14.9. The minimum atomic E-state index is -0.145. The Morgan fingerprint density at radius 3 is 2.63 bits per heavy atom. The van der Waals surface area contributed by atoms with Gasteiger partial charge in [0.1, 0.15) is 18.0 Å². The lowest BCUT2D eigenvalue weighted by molar-refractivity contribution is 0.102. The van der Waals surface area contributed by atoms with Gasteiger partial charge in [-0.3, -0.25) is 9.69 Å². The Kier molecular flexibility index (Phi) is 5.41. The summed E-state index contributed by atoms with van der Waals surface area (Å²) in [6, 6.07) is 14.2. The Balaban J connectivity index is 1.35. The zero-order chi connectivity index (χ0) is 18.5. The van der Waals surface area contributed by atoms with Crippen LogP contribution in [-0.4, -0.2) is 47.0 Å². The van der Waals surface area contributed by atoms with Crippen molar-refractivity contribution in [2.45, 2.75) is 6.54 Å². The van der Waals surface area contributed by atoms with Crippen LogP contribution in [0.4, 0.5) is 11.6 Å². The second-order valence-electron chi connectivity index (χ2n) is 6.48. The highest BCUT2D eigenvalue weighted by Gasteiger charge is 2.19. The first-order valence-electron chi connectivity index (χ1n) is 8.95. The molecule has 0 radical (unpaired) electrons. The van der Waals surface area contributed by atoms with E-state index in [1.54, 1.807) is 6.07 Å². The molecule has 138 valence electrons. The lowest BCUT2D eigenvalue weighted by atomic mass is 10.2. The lowest BCUT2D eigenvalue weighted by Crippen LogP contribution is -2.46. The number of carbonyl (C=O) groups excluding carboxylic acids is 1. The largest absolute Gasteiger partial charge is 0.354 e. The van der Waals surface area contributed by atoms with Crippen LogP contribution in [0.3, 0.4) is 0 Å². The second-order valence-corrected chi connectivity index (χ2v) is 7.26. The van der Waals surface area contributed by atoms with E-state index < -0.39 is 0 Å². The Hall–Kier alpha value is -2.77. The second kappa shape index (κ2) is 8.28. The van der Waals surface area contributed by atoms with Crippen molar-refractivity contribution in [1.82, 2.24) is 14.9 Å². The van der Waals surface area contributed by atoms with E-state index in [1.807, 2.05) is 22.9 Å². The molecule has 2 aromatic heterocycles. The van der Waals surface area contributed by atoms with E-state index in [9.17, 15) is 4.79 Å². The fourth-order valence-corrected chi connectivity index (χ4v) is 3.78. The number of aromatic nitrogens is 2. The maximum absolute atomic E-state index is 12.2. The van der Waals surface area contributed by atoms with Gasteiger partial charge in [0, 0.05) is 44.2 Å². The minimum Gasteiger partial charge on any atom is -0.354 e. The molecule has 6 nitrogen and oxygen atoms in total. The number of anilines is 2. The van der Waals surface area contributed by atoms with E-state index in [-0.39, 0.29) is 5.91 Å². The van der Waals surface area contributed by atoms with Crippen molar-refractivity contribution >= 4 is 28.9 Å². The van der Waals surface area contributed by atoms with Crippen LogP contribution in [0.5, 0.6) is 0 Å². The van der Waals surface area contributed by atoms with E-state index >= 15 is 0 Å². The van der Waals surface area contributed by atoms with Crippen LogP contribution in [0, 0.1) is 0 Å². The van der Waals surface area contributed by atoms with Gasteiger partial charge in [0.15, 0.2) is 0 Å². The number of hydrogen-bond donors (Lipinski definition) is 1. The van der Waals surface area contributed by atoms with E-state index in [0.29, 0.717) is 11.4 Å². The molecule has 1 aliphatic rings. The summed E-state index contributed by atoms with van der Waals surface area (Å²) in [5, 5.41) is 6.55. The molecule has 1 saturated heterocycles. The third-order valence-electron chi connectivity index (χ3n) is 4.62. The number of piperazine rings is 1. The van der Waals surface area contributed by atoms with Crippen molar-refractivity contribution in [1.29, 1.82) is 0 Å². The normalized spacial score (nSPS) is 14.9. The van der Waals surface area contributed by atoms with E-state index in [4.69, 9.17) is 0 Å². The molecule has 27 heavy (non-hydrogen) atoms. The van der Waals surface area contributed by atoms with Crippen molar-refractivity contribution in [2.75, 3.05) is 36.4 Å². The van der Waals surface area contributed by atoms with Gasteiger partial charge >= 0.3 is 0 Å². The molecule has 4 rings (SSSR count). The summed E-state index contributed by atoms with van der Waals surface area (Å²) in [6.45, 7) is 4.74. The lowest BCUT2D eigenvalue weighted by Gasteiger charge is -2.35. The van der Waals surface area contributed by atoms with Crippen LogP contribution < -0.4 is 10.2 Å². The van der Waals surface area contributed by atoms with Crippen molar-refractivity contribution in [2.24, 2.45) is 0 Å². The average molecular weight is 379 g/mol. The molecule has 0 atom stereocenters. The molecule has 1 aromatic carbocycles. The fraction of sp³-hybridized carbons (Fsp3) is 0.250. The van der Waals surface area contributed by atoms with Crippen LogP contribution in [-0.2, 0) is 6.54 Å². The van der Waals surface area contributed by atoms with Gasteiger partial charge in [0.25, 0.3) is 5.91 Å². The number of rotatable bonds is 5. The summed E-state index contributed by atoms with van der Waals surface area (Å²) in [7, 11) is 0. The Morgan fingerprint density at radius 1 is 1.07 bits per heavy atom. The van der Waals surface area contributed by atoms with Gasteiger partial charge in [0.05, 0.1) is 5.56 Å². The number of nitrogens with one attached hydrogen (secondary N) is 1. The zero-order valence-corrected chi connectivity index (χ0v) is 15.7. The summed E-state index contributed by atoms with van der Waals surface area (Å²) in [6.07, 6.45) is 1.51. The molecule has 0 unspecified atom stereocenters. The molecule has 1 fully saturated rings. The number of amides is 1. The number of nitrogens with zero attached hydrogens (tertiary/aromatic N) is 4. The third kappa shape index (κ3) is 4.50. The van der Waals surface area contributed by atoms with Gasteiger partial charge in [-0.1, -0.05) is 30.3 Å². The smallest absolute Gasteiger partial charge is 0.257 e. The summed E-state index contributed by atoms with van der Waals surface area (Å²) >= 11 is 1.50. The van der Waals surface area contributed by atoms with Gasteiger partial charge in [0.2, 0.25) is 0 Å². The molecule has 1 aliphatic heterocycles. The number of carbonyl (C=O) groups is 1. The monoisotopic (exact) mass is 379 g/mol. The Labute approximate surface area is 162 Å². The highest BCUT2D eigenvalue weighted by atomic mass is 32.1. The maximum Gasteiger partial charge on any atom is 0.257 e. The summed E-state index contributed by atoms with van der Waals surface area (Å²) in [5.74, 6) is 1.24. The molecular formula is C20H21N5OS. The standard InChI is InChI=1S/C20H21N5OS/c26-20(17-6-11-27-14-17)23-18-12-19(22-15-21-18)25-9-7-24(8-10-25)13-16-4-2-1-3-5-16/h1-6,11-12,14-15H,7-10,13H2,(H,21,22,23,26). The van der Waals surface area contributed by atoms with Crippen LogP contribution in [0.15, 0.2) is 59.6 Å². The van der Waals surface area contributed by atoms with Gasteiger partial charge in [-0.2, -0.15) is 11.3 Å². The highest BCUT2D eigenvalue weighted by Crippen LogP contribution is 2.18. The van der Waals surface area contributed by atoms with Crippen LogP contribution >= 0.6 is 11.3 Å².